The molecular weight excluding hydrogens is 364 g/mol. The van der Waals surface area contributed by atoms with Crippen LogP contribution >= 0.6 is 0 Å². The lowest BCUT2D eigenvalue weighted by molar-refractivity contribution is -0.133. The van der Waals surface area contributed by atoms with Gasteiger partial charge < -0.3 is 4.90 Å². The summed E-state index contributed by atoms with van der Waals surface area (Å²) in [7, 11) is 0. The van der Waals surface area contributed by atoms with E-state index in [-0.39, 0.29) is 23.8 Å². The Kier molecular flexibility index (Phi) is 6.81. The zero-order valence-corrected chi connectivity index (χ0v) is 17.1. The fourth-order valence-corrected chi connectivity index (χ4v) is 3.65. The van der Waals surface area contributed by atoms with Crippen LogP contribution in [0, 0.1) is 0 Å². The van der Waals surface area contributed by atoms with E-state index < -0.39 is 0 Å². The van der Waals surface area contributed by atoms with Crippen molar-refractivity contribution in [3.63, 3.8) is 0 Å². The highest BCUT2D eigenvalue weighted by Crippen LogP contribution is 2.23. The molecule has 29 heavy (non-hydrogen) atoms. The molecule has 1 aliphatic heterocycles. The molecule has 5 heteroatoms. The van der Waals surface area contributed by atoms with E-state index in [1.807, 2.05) is 49.1 Å². The van der Waals surface area contributed by atoms with Gasteiger partial charge in [-0.3, -0.25) is 19.3 Å². The SMILES string of the molecule is CC(C)N(Cc1ccccc1)C(=O)CCCCCN1C(=O)c2ccccc2C1=O. The molecule has 5 nitrogen and oxygen atoms in total. The molecule has 1 aliphatic rings. The van der Waals surface area contributed by atoms with Crippen LogP contribution in [0.15, 0.2) is 54.6 Å². The van der Waals surface area contributed by atoms with E-state index in [9.17, 15) is 14.4 Å². The topological polar surface area (TPSA) is 57.7 Å². The molecule has 2 aromatic carbocycles. The molecule has 0 unspecified atom stereocenters. The van der Waals surface area contributed by atoms with Crippen molar-refractivity contribution in [1.29, 1.82) is 0 Å². The van der Waals surface area contributed by atoms with E-state index in [4.69, 9.17) is 0 Å². The number of nitrogens with zero attached hydrogens (tertiary/aromatic N) is 2. The number of amides is 3. The molecule has 0 fully saturated rings. The molecule has 0 spiro atoms. The van der Waals surface area contributed by atoms with Gasteiger partial charge >= 0.3 is 0 Å². The second-order valence-electron chi connectivity index (χ2n) is 7.72. The molecular formula is C24H28N2O3. The maximum absolute atomic E-state index is 12.7. The van der Waals surface area contributed by atoms with Crippen molar-refractivity contribution in [2.75, 3.05) is 6.54 Å². The van der Waals surface area contributed by atoms with Gasteiger partial charge in [0.2, 0.25) is 5.91 Å². The standard InChI is InChI=1S/C24H28N2O3/c1-18(2)26(17-19-11-5-3-6-12-19)22(27)15-7-4-10-16-25-23(28)20-13-8-9-14-21(20)24(25)29/h3,5-6,8-9,11-14,18H,4,7,10,15-17H2,1-2H3. The number of benzene rings is 2. The first-order valence-corrected chi connectivity index (χ1v) is 10.3. The number of rotatable bonds is 9. The summed E-state index contributed by atoms with van der Waals surface area (Å²) in [6, 6.07) is 17.1. The minimum atomic E-state index is -0.212. The number of hydrogen-bond acceptors (Lipinski definition) is 3. The lowest BCUT2D eigenvalue weighted by Crippen LogP contribution is -2.36. The van der Waals surface area contributed by atoms with Gasteiger partial charge in [0.15, 0.2) is 0 Å². The highest BCUT2D eigenvalue weighted by Gasteiger charge is 2.34. The minimum absolute atomic E-state index is 0.140. The molecule has 0 saturated carbocycles. The molecule has 1 heterocycles. The Bertz CT molecular complexity index is 842. The van der Waals surface area contributed by atoms with Gasteiger partial charge in [0.1, 0.15) is 0 Å². The van der Waals surface area contributed by atoms with Crippen molar-refractivity contribution in [3.8, 4) is 0 Å². The van der Waals surface area contributed by atoms with Crippen molar-refractivity contribution in [1.82, 2.24) is 9.80 Å². The summed E-state index contributed by atoms with van der Waals surface area (Å²) < 4.78 is 0. The molecule has 0 aromatic heterocycles. The Morgan fingerprint density at radius 1 is 0.862 bits per heavy atom. The molecule has 0 radical (unpaired) electrons. The number of imide groups is 1. The summed E-state index contributed by atoms with van der Waals surface area (Å²) in [5.41, 5.74) is 2.10. The van der Waals surface area contributed by atoms with Crippen molar-refractivity contribution >= 4 is 17.7 Å². The van der Waals surface area contributed by atoms with E-state index in [0.717, 1.165) is 18.4 Å². The second kappa shape index (κ2) is 9.50. The predicted molar refractivity (Wildman–Crippen MR) is 112 cm³/mol. The van der Waals surface area contributed by atoms with E-state index in [1.54, 1.807) is 24.3 Å². The molecule has 0 atom stereocenters. The average molecular weight is 392 g/mol. The summed E-state index contributed by atoms with van der Waals surface area (Å²) in [6.45, 7) is 5.08. The van der Waals surface area contributed by atoms with Gasteiger partial charge in [-0.25, -0.2) is 0 Å². The summed E-state index contributed by atoms with van der Waals surface area (Å²) in [4.78, 5) is 40.6. The maximum atomic E-state index is 12.7. The first-order chi connectivity index (χ1) is 14.0. The van der Waals surface area contributed by atoms with Crippen LogP contribution < -0.4 is 0 Å². The molecule has 0 bridgehead atoms. The Morgan fingerprint density at radius 2 is 1.45 bits per heavy atom. The smallest absolute Gasteiger partial charge is 0.261 e. The first-order valence-electron chi connectivity index (χ1n) is 10.3. The van der Waals surface area contributed by atoms with Gasteiger partial charge in [0, 0.05) is 25.6 Å². The van der Waals surface area contributed by atoms with Crippen LogP contribution in [0.3, 0.4) is 0 Å². The predicted octanol–water partition coefficient (Wildman–Crippen LogP) is 4.28. The van der Waals surface area contributed by atoms with Crippen molar-refractivity contribution in [3.05, 3.63) is 71.3 Å². The van der Waals surface area contributed by atoms with E-state index in [1.165, 1.54) is 4.90 Å². The Labute approximate surface area is 172 Å². The van der Waals surface area contributed by atoms with Gasteiger partial charge in [-0.05, 0) is 44.4 Å². The van der Waals surface area contributed by atoms with Crippen LogP contribution in [0.4, 0.5) is 0 Å². The molecule has 0 aliphatic carbocycles. The van der Waals surface area contributed by atoms with Crippen LogP contribution in [0.2, 0.25) is 0 Å². The Hall–Kier alpha value is -2.95. The average Bonchev–Trinajstić information content (AvgIpc) is 2.97. The number of carbonyl (C=O) groups is 3. The highest BCUT2D eigenvalue weighted by atomic mass is 16.2. The third kappa shape index (κ3) is 4.91. The van der Waals surface area contributed by atoms with Gasteiger partial charge in [-0.15, -0.1) is 0 Å². The highest BCUT2D eigenvalue weighted by molar-refractivity contribution is 6.21. The van der Waals surface area contributed by atoms with Crippen molar-refractivity contribution in [2.24, 2.45) is 0 Å². The van der Waals surface area contributed by atoms with Crippen LogP contribution in [0.5, 0.6) is 0 Å². The van der Waals surface area contributed by atoms with Gasteiger partial charge in [-0.1, -0.05) is 48.9 Å². The lowest BCUT2D eigenvalue weighted by atomic mass is 10.1. The summed E-state index contributed by atoms with van der Waals surface area (Å²) in [5.74, 6) is -0.282. The Morgan fingerprint density at radius 3 is 2.03 bits per heavy atom. The summed E-state index contributed by atoms with van der Waals surface area (Å²) in [6.07, 6.45) is 2.74. The monoisotopic (exact) mass is 392 g/mol. The van der Waals surface area contributed by atoms with Crippen LogP contribution in [-0.2, 0) is 11.3 Å². The number of carbonyl (C=O) groups excluding carboxylic acids is 3. The third-order valence-corrected chi connectivity index (χ3v) is 5.29. The van der Waals surface area contributed by atoms with Gasteiger partial charge in [-0.2, -0.15) is 0 Å². The molecule has 152 valence electrons. The second-order valence-corrected chi connectivity index (χ2v) is 7.72. The molecule has 0 N–H and O–H groups in total. The number of fused-ring (bicyclic) bond motifs is 1. The van der Waals surface area contributed by atoms with Crippen molar-refractivity contribution in [2.45, 2.75) is 52.1 Å². The Balaban J connectivity index is 1.43. The molecule has 3 rings (SSSR count). The lowest BCUT2D eigenvalue weighted by Gasteiger charge is -2.27. The van der Waals surface area contributed by atoms with E-state index >= 15 is 0 Å². The third-order valence-electron chi connectivity index (χ3n) is 5.29. The van der Waals surface area contributed by atoms with E-state index in [0.29, 0.717) is 37.1 Å². The molecule has 3 amide bonds. The fraction of sp³-hybridized carbons (Fsp3) is 0.375. The van der Waals surface area contributed by atoms with Crippen molar-refractivity contribution < 1.29 is 14.4 Å². The zero-order valence-electron chi connectivity index (χ0n) is 17.1. The van der Waals surface area contributed by atoms with Crippen LogP contribution in [0.1, 0.15) is 65.8 Å². The van der Waals surface area contributed by atoms with E-state index in [2.05, 4.69) is 0 Å². The van der Waals surface area contributed by atoms with Gasteiger partial charge in [0.25, 0.3) is 11.8 Å². The zero-order chi connectivity index (χ0) is 20.8. The molecule has 0 saturated heterocycles. The summed E-state index contributed by atoms with van der Waals surface area (Å²) in [5, 5.41) is 0. The fourth-order valence-electron chi connectivity index (χ4n) is 3.65. The largest absolute Gasteiger partial charge is 0.336 e. The minimum Gasteiger partial charge on any atom is -0.336 e. The van der Waals surface area contributed by atoms with Crippen LogP contribution in [-0.4, -0.2) is 40.1 Å². The first kappa shape index (κ1) is 20.8. The quantitative estimate of drug-likeness (QED) is 0.473. The van der Waals surface area contributed by atoms with Crippen LogP contribution in [0.25, 0.3) is 0 Å². The summed E-state index contributed by atoms with van der Waals surface area (Å²) >= 11 is 0. The van der Waals surface area contributed by atoms with Gasteiger partial charge in [0.05, 0.1) is 11.1 Å². The maximum Gasteiger partial charge on any atom is 0.261 e. The number of hydrogen-bond donors (Lipinski definition) is 0. The molecule has 2 aromatic rings. The number of unbranched alkanes of at least 4 members (excludes halogenated alkanes) is 2. The normalized spacial score (nSPS) is 13.1.